The molecule has 3 heterocycles. The summed E-state index contributed by atoms with van der Waals surface area (Å²) >= 11 is 0. The summed E-state index contributed by atoms with van der Waals surface area (Å²) in [6, 6.07) is 10.1. The lowest BCUT2D eigenvalue weighted by Gasteiger charge is -2.39. The van der Waals surface area contributed by atoms with Crippen molar-refractivity contribution in [3.63, 3.8) is 0 Å². The Morgan fingerprint density at radius 1 is 1.06 bits per heavy atom. The highest BCUT2D eigenvalue weighted by molar-refractivity contribution is 5.18. The van der Waals surface area contributed by atoms with Gasteiger partial charge in [0.25, 0.3) is 0 Å². The van der Waals surface area contributed by atoms with Gasteiger partial charge in [0, 0.05) is 6.42 Å². The highest BCUT2D eigenvalue weighted by Gasteiger charge is 2.66. The van der Waals surface area contributed by atoms with Crippen LogP contribution in [0.25, 0.3) is 0 Å². The molecular weight excluding hydrogens is 396 g/mol. The van der Waals surface area contributed by atoms with Crippen LogP contribution in [0.15, 0.2) is 54.6 Å². The van der Waals surface area contributed by atoms with Crippen molar-refractivity contribution in [1.82, 2.24) is 0 Å². The second-order valence-electron chi connectivity index (χ2n) is 9.53. The van der Waals surface area contributed by atoms with Gasteiger partial charge < -0.3 is 28.4 Å². The Balaban J connectivity index is 1.68. The molecule has 5 atom stereocenters. The molecule has 6 heteroatoms. The molecule has 0 bridgehead atoms. The van der Waals surface area contributed by atoms with Gasteiger partial charge in [-0.25, -0.2) is 0 Å². The second-order valence-corrected chi connectivity index (χ2v) is 9.53. The first-order chi connectivity index (χ1) is 14.6. The maximum Gasteiger partial charge on any atom is 0.190 e. The third-order valence-corrected chi connectivity index (χ3v) is 5.86. The third kappa shape index (κ3) is 4.80. The van der Waals surface area contributed by atoms with E-state index < -0.39 is 35.7 Å². The number of allylic oxidation sites excluding steroid dienone is 2. The fourth-order valence-corrected chi connectivity index (χ4v) is 4.54. The minimum atomic E-state index is -0.811. The summed E-state index contributed by atoms with van der Waals surface area (Å²) in [6.45, 7) is 14.4. The SMILES string of the molecule is C=C(C)/C=C/C[C@@]1(OCc2ccccc2)[C@@H]([C@H]2COC(C)(C)O2)O[C@@H]2OC(C)(C)O[C@@H]21. The Kier molecular flexibility index (Phi) is 6.16. The van der Waals surface area contributed by atoms with Crippen LogP contribution in [0.1, 0.15) is 46.6 Å². The van der Waals surface area contributed by atoms with Gasteiger partial charge >= 0.3 is 0 Å². The average Bonchev–Trinajstić information content (AvgIpc) is 3.29. The number of hydrogen-bond donors (Lipinski definition) is 0. The van der Waals surface area contributed by atoms with Crippen LogP contribution in [0.2, 0.25) is 0 Å². The summed E-state index contributed by atoms with van der Waals surface area (Å²) in [5.74, 6) is -1.43. The average molecular weight is 431 g/mol. The molecular formula is C25H34O6. The van der Waals surface area contributed by atoms with Crippen molar-refractivity contribution in [2.24, 2.45) is 0 Å². The molecule has 4 rings (SSSR count). The topological polar surface area (TPSA) is 55.4 Å². The van der Waals surface area contributed by atoms with Crippen molar-refractivity contribution >= 4 is 0 Å². The third-order valence-electron chi connectivity index (χ3n) is 5.86. The van der Waals surface area contributed by atoms with Gasteiger partial charge in [-0.3, -0.25) is 0 Å². The summed E-state index contributed by atoms with van der Waals surface area (Å²) in [7, 11) is 0. The summed E-state index contributed by atoms with van der Waals surface area (Å²) in [4.78, 5) is 0. The molecule has 0 aromatic heterocycles. The zero-order valence-electron chi connectivity index (χ0n) is 19.1. The molecule has 1 aromatic carbocycles. The lowest BCUT2D eigenvalue weighted by molar-refractivity contribution is -0.257. The predicted molar refractivity (Wildman–Crippen MR) is 116 cm³/mol. The number of benzene rings is 1. The van der Waals surface area contributed by atoms with Gasteiger partial charge in [-0.05, 0) is 40.2 Å². The smallest absolute Gasteiger partial charge is 0.190 e. The molecule has 0 aliphatic carbocycles. The van der Waals surface area contributed by atoms with Crippen molar-refractivity contribution in [2.75, 3.05) is 6.61 Å². The maximum absolute atomic E-state index is 6.71. The van der Waals surface area contributed by atoms with Gasteiger partial charge in [-0.15, -0.1) is 0 Å². The molecule has 3 fully saturated rings. The number of rotatable bonds is 7. The lowest BCUT2D eigenvalue weighted by Crippen LogP contribution is -2.55. The Hall–Kier alpha value is -1.54. The van der Waals surface area contributed by atoms with E-state index in [0.717, 1.165) is 11.1 Å². The van der Waals surface area contributed by atoms with E-state index in [1.54, 1.807) is 0 Å². The van der Waals surface area contributed by atoms with Crippen LogP contribution in [0.5, 0.6) is 0 Å². The zero-order valence-corrected chi connectivity index (χ0v) is 19.1. The van der Waals surface area contributed by atoms with Gasteiger partial charge in [-0.1, -0.05) is 54.6 Å². The van der Waals surface area contributed by atoms with Crippen molar-refractivity contribution in [3.8, 4) is 0 Å². The van der Waals surface area contributed by atoms with Crippen LogP contribution >= 0.6 is 0 Å². The van der Waals surface area contributed by atoms with E-state index in [0.29, 0.717) is 19.6 Å². The summed E-state index contributed by atoms with van der Waals surface area (Å²) < 4.78 is 37.6. The summed E-state index contributed by atoms with van der Waals surface area (Å²) in [5.41, 5.74) is 1.24. The van der Waals surface area contributed by atoms with Crippen LogP contribution in [-0.4, -0.2) is 48.4 Å². The fraction of sp³-hybridized carbons (Fsp3) is 0.600. The monoisotopic (exact) mass is 430 g/mol. The second kappa shape index (κ2) is 8.43. The van der Waals surface area contributed by atoms with Gasteiger partial charge in [0.15, 0.2) is 17.9 Å². The van der Waals surface area contributed by atoms with E-state index in [2.05, 4.69) is 12.7 Å². The quantitative estimate of drug-likeness (QED) is 0.594. The van der Waals surface area contributed by atoms with E-state index in [-0.39, 0.29) is 6.10 Å². The van der Waals surface area contributed by atoms with Crippen molar-refractivity contribution < 1.29 is 28.4 Å². The first-order valence-electron chi connectivity index (χ1n) is 10.9. The van der Waals surface area contributed by atoms with E-state index in [4.69, 9.17) is 28.4 Å². The van der Waals surface area contributed by atoms with Crippen molar-refractivity contribution in [2.45, 2.75) is 89.4 Å². The first kappa shape index (κ1) is 22.6. The normalized spacial score (nSPS) is 36.2. The minimum Gasteiger partial charge on any atom is -0.364 e. The number of fused-ring (bicyclic) bond motifs is 1. The first-order valence-corrected chi connectivity index (χ1v) is 10.9. The van der Waals surface area contributed by atoms with E-state index in [9.17, 15) is 0 Å². The van der Waals surface area contributed by atoms with E-state index in [1.807, 2.05) is 71.0 Å². The molecule has 6 nitrogen and oxygen atoms in total. The van der Waals surface area contributed by atoms with Gasteiger partial charge in [0.2, 0.25) is 0 Å². The highest BCUT2D eigenvalue weighted by Crippen LogP contribution is 2.49. The maximum atomic E-state index is 6.71. The van der Waals surface area contributed by atoms with Crippen molar-refractivity contribution in [3.05, 3.63) is 60.2 Å². The Labute approximate surface area is 185 Å². The molecule has 0 unspecified atom stereocenters. The molecule has 3 aliphatic heterocycles. The molecule has 3 saturated heterocycles. The Morgan fingerprint density at radius 3 is 2.45 bits per heavy atom. The van der Waals surface area contributed by atoms with Crippen molar-refractivity contribution in [1.29, 1.82) is 0 Å². The molecule has 0 N–H and O–H groups in total. The fourth-order valence-electron chi connectivity index (χ4n) is 4.54. The van der Waals surface area contributed by atoms with Crippen LogP contribution in [0, 0.1) is 0 Å². The molecule has 1 aromatic rings. The summed E-state index contributed by atoms with van der Waals surface area (Å²) in [6.07, 6.45) is 2.97. The molecule has 0 saturated carbocycles. The highest BCUT2D eigenvalue weighted by atomic mass is 16.9. The van der Waals surface area contributed by atoms with Gasteiger partial charge in [-0.2, -0.15) is 0 Å². The van der Waals surface area contributed by atoms with Gasteiger partial charge in [0.05, 0.1) is 13.2 Å². The molecule has 3 aliphatic rings. The predicted octanol–water partition coefficient (Wildman–Crippen LogP) is 4.49. The molecule has 0 radical (unpaired) electrons. The van der Waals surface area contributed by atoms with Crippen LogP contribution in [-0.2, 0) is 35.0 Å². The van der Waals surface area contributed by atoms with E-state index in [1.165, 1.54) is 0 Å². The lowest BCUT2D eigenvalue weighted by atomic mass is 9.85. The Bertz CT molecular complexity index is 817. The number of hydrogen-bond acceptors (Lipinski definition) is 6. The standard InChI is InChI=1S/C25H34O6/c1-17(2)11-10-14-25(27-15-18-12-8-7-9-13-18)20(19-16-26-23(3,4)29-19)28-22-21(25)30-24(5,6)31-22/h7-13,19-22H,1,14-16H2,2-6H3/b11-10+/t19-,20-,21+,22-,25-/m1/s1. The van der Waals surface area contributed by atoms with Crippen LogP contribution in [0.4, 0.5) is 0 Å². The number of ether oxygens (including phenoxy) is 6. The van der Waals surface area contributed by atoms with Gasteiger partial charge in [0.1, 0.15) is 23.9 Å². The molecule has 0 amide bonds. The molecule has 170 valence electrons. The van der Waals surface area contributed by atoms with Crippen LogP contribution < -0.4 is 0 Å². The van der Waals surface area contributed by atoms with E-state index >= 15 is 0 Å². The summed E-state index contributed by atoms with van der Waals surface area (Å²) in [5, 5.41) is 0. The largest absolute Gasteiger partial charge is 0.364 e. The van der Waals surface area contributed by atoms with Crippen LogP contribution in [0.3, 0.4) is 0 Å². The minimum absolute atomic E-state index is 0.301. The zero-order chi connectivity index (χ0) is 22.3. The molecule has 0 spiro atoms. The Morgan fingerprint density at radius 2 is 1.81 bits per heavy atom. The molecule has 31 heavy (non-hydrogen) atoms.